The fourth-order valence-electron chi connectivity index (χ4n) is 0.979. The zero-order valence-corrected chi connectivity index (χ0v) is 6.23. The second kappa shape index (κ2) is 1.70. The molecule has 0 aromatic carbocycles. The van der Waals surface area contributed by atoms with Crippen molar-refractivity contribution in [3.63, 3.8) is 0 Å². The van der Waals surface area contributed by atoms with Crippen molar-refractivity contribution in [1.82, 2.24) is 0 Å². The zero-order valence-electron chi connectivity index (χ0n) is 6.23. The predicted molar refractivity (Wildman–Crippen MR) is 34.9 cm³/mol. The molecular formula is C7H13O2. The summed E-state index contributed by atoms with van der Waals surface area (Å²) in [6.07, 6.45) is 0. The molecule has 1 atom stereocenters. The van der Waals surface area contributed by atoms with Gasteiger partial charge in [-0.1, -0.05) is 0 Å². The summed E-state index contributed by atoms with van der Waals surface area (Å²) in [4.78, 5) is 0. The first-order chi connectivity index (χ1) is 3.91. The van der Waals surface area contributed by atoms with E-state index in [0.29, 0.717) is 6.61 Å². The van der Waals surface area contributed by atoms with Crippen LogP contribution in [-0.4, -0.2) is 18.0 Å². The van der Waals surface area contributed by atoms with E-state index in [1.165, 1.54) is 0 Å². The van der Waals surface area contributed by atoms with Crippen molar-refractivity contribution in [3.8, 4) is 0 Å². The van der Waals surface area contributed by atoms with Crippen LogP contribution in [-0.2, 0) is 9.47 Å². The summed E-state index contributed by atoms with van der Waals surface area (Å²) in [6, 6.07) is 0. The van der Waals surface area contributed by atoms with Crippen molar-refractivity contribution in [2.45, 2.75) is 32.2 Å². The van der Waals surface area contributed by atoms with Gasteiger partial charge in [0.15, 0.2) is 5.79 Å². The molecule has 0 N–H and O–H groups in total. The third-order valence-electron chi connectivity index (χ3n) is 1.22. The Bertz CT molecular complexity index is 102. The molecule has 0 aromatic heterocycles. The SMILES string of the molecule is [CH2][C@@]1(C)COC(C)(C)O1. The highest BCUT2D eigenvalue weighted by atomic mass is 16.7. The highest BCUT2D eigenvalue weighted by molar-refractivity contribution is 4.85. The van der Waals surface area contributed by atoms with E-state index in [1.54, 1.807) is 0 Å². The molecule has 0 amide bonds. The van der Waals surface area contributed by atoms with Crippen molar-refractivity contribution in [2.24, 2.45) is 0 Å². The van der Waals surface area contributed by atoms with Gasteiger partial charge in [-0.15, -0.1) is 0 Å². The molecule has 1 saturated heterocycles. The Labute approximate surface area is 56.2 Å². The predicted octanol–water partition coefficient (Wildman–Crippen LogP) is 1.36. The van der Waals surface area contributed by atoms with Gasteiger partial charge in [-0.3, -0.25) is 0 Å². The smallest absolute Gasteiger partial charge is 0.163 e. The van der Waals surface area contributed by atoms with Crippen molar-refractivity contribution in [2.75, 3.05) is 6.61 Å². The first-order valence-electron chi connectivity index (χ1n) is 3.11. The molecule has 0 aliphatic carbocycles. The Kier molecular flexibility index (Phi) is 1.33. The molecule has 1 aliphatic heterocycles. The van der Waals surface area contributed by atoms with E-state index >= 15 is 0 Å². The van der Waals surface area contributed by atoms with E-state index in [0.717, 1.165) is 0 Å². The van der Waals surface area contributed by atoms with Crippen molar-refractivity contribution >= 4 is 0 Å². The zero-order chi connectivity index (χ0) is 7.12. The first-order valence-corrected chi connectivity index (χ1v) is 3.11. The summed E-state index contributed by atoms with van der Waals surface area (Å²) >= 11 is 0. The van der Waals surface area contributed by atoms with E-state index in [2.05, 4.69) is 6.92 Å². The minimum Gasteiger partial charge on any atom is -0.348 e. The number of rotatable bonds is 0. The van der Waals surface area contributed by atoms with E-state index in [4.69, 9.17) is 9.47 Å². The molecule has 2 heteroatoms. The Morgan fingerprint density at radius 2 is 1.89 bits per heavy atom. The van der Waals surface area contributed by atoms with Crippen LogP contribution in [0.2, 0.25) is 0 Å². The second-order valence-electron chi connectivity index (χ2n) is 3.24. The molecule has 1 rings (SSSR count). The van der Waals surface area contributed by atoms with E-state index in [-0.39, 0.29) is 5.60 Å². The van der Waals surface area contributed by atoms with Crippen LogP contribution in [0.1, 0.15) is 20.8 Å². The van der Waals surface area contributed by atoms with Gasteiger partial charge in [-0.2, -0.15) is 0 Å². The number of hydrogen-bond donors (Lipinski definition) is 0. The minimum atomic E-state index is -0.434. The third kappa shape index (κ3) is 1.66. The minimum absolute atomic E-state index is 0.344. The Hall–Kier alpha value is -0.0800. The van der Waals surface area contributed by atoms with Gasteiger partial charge in [0.05, 0.1) is 12.2 Å². The van der Waals surface area contributed by atoms with Gasteiger partial charge in [0.25, 0.3) is 0 Å². The summed E-state index contributed by atoms with van der Waals surface area (Å²) in [5.74, 6) is -0.434. The van der Waals surface area contributed by atoms with Gasteiger partial charge in [0.2, 0.25) is 0 Å². The van der Waals surface area contributed by atoms with E-state index < -0.39 is 5.79 Å². The molecule has 9 heavy (non-hydrogen) atoms. The summed E-state index contributed by atoms with van der Waals surface area (Å²) in [6.45, 7) is 10.1. The molecule has 1 heterocycles. The quantitative estimate of drug-likeness (QED) is 0.491. The summed E-state index contributed by atoms with van der Waals surface area (Å²) in [5.41, 5.74) is -0.344. The topological polar surface area (TPSA) is 18.5 Å². The van der Waals surface area contributed by atoms with Gasteiger partial charge in [0.1, 0.15) is 0 Å². The van der Waals surface area contributed by atoms with Gasteiger partial charge >= 0.3 is 0 Å². The molecule has 53 valence electrons. The van der Waals surface area contributed by atoms with Gasteiger partial charge in [-0.25, -0.2) is 0 Å². The van der Waals surface area contributed by atoms with Crippen molar-refractivity contribution in [3.05, 3.63) is 6.92 Å². The standard InChI is InChI=1S/C7H13O2/c1-6(2)5-8-7(3,4)9-6/h1,5H2,2-4H3/t6-/m1/s1. The Morgan fingerprint density at radius 3 is 2.00 bits per heavy atom. The fourth-order valence-corrected chi connectivity index (χ4v) is 0.979. The molecule has 0 bridgehead atoms. The van der Waals surface area contributed by atoms with E-state index in [9.17, 15) is 0 Å². The molecule has 0 spiro atoms. The van der Waals surface area contributed by atoms with Crippen LogP contribution < -0.4 is 0 Å². The molecule has 0 unspecified atom stereocenters. The maximum Gasteiger partial charge on any atom is 0.163 e. The number of ether oxygens (including phenoxy) is 2. The summed E-state index contributed by atoms with van der Waals surface area (Å²) in [7, 11) is 0. The van der Waals surface area contributed by atoms with Crippen molar-refractivity contribution < 1.29 is 9.47 Å². The maximum atomic E-state index is 5.40. The Balaban J connectivity index is 2.58. The average Bonchev–Trinajstić information content (AvgIpc) is 1.78. The Morgan fingerprint density at radius 1 is 1.33 bits per heavy atom. The summed E-state index contributed by atoms with van der Waals surface area (Å²) in [5, 5.41) is 0. The lowest BCUT2D eigenvalue weighted by Gasteiger charge is -2.20. The lowest BCUT2D eigenvalue weighted by Crippen LogP contribution is -2.27. The highest BCUT2D eigenvalue weighted by Crippen LogP contribution is 2.29. The van der Waals surface area contributed by atoms with Gasteiger partial charge in [-0.05, 0) is 27.7 Å². The van der Waals surface area contributed by atoms with Crippen LogP contribution in [0.3, 0.4) is 0 Å². The molecule has 1 radical (unpaired) electrons. The molecular weight excluding hydrogens is 116 g/mol. The third-order valence-corrected chi connectivity index (χ3v) is 1.22. The van der Waals surface area contributed by atoms with Gasteiger partial charge < -0.3 is 9.47 Å². The average molecular weight is 129 g/mol. The van der Waals surface area contributed by atoms with E-state index in [1.807, 2.05) is 20.8 Å². The normalized spacial score (nSPS) is 30.7. The molecule has 2 nitrogen and oxygen atoms in total. The van der Waals surface area contributed by atoms with Crippen LogP contribution in [0.25, 0.3) is 0 Å². The van der Waals surface area contributed by atoms with Crippen LogP contribution in [0.15, 0.2) is 0 Å². The molecule has 1 fully saturated rings. The van der Waals surface area contributed by atoms with Crippen LogP contribution >= 0.6 is 0 Å². The van der Waals surface area contributed by atoms with Crippen LogP contribution in [0, 0.1) is 6.92 Å². The molecule has 0 saturated carbocycles. The van der Waals surface area contributed by atoms with Gasteiger partial charge in [0, 0.05) is 0 Å². The van der Waals surface area contributed by atoms with Crippen LogP contribution in [0.5, 0.6) is 0 Å². The fraction of sp³-hybridized carbons (Fsp3) is 0.857. The first kappa shape index (κ1) is 7.03. The largest absolute Gasteiger partial charge is 0.348 e. The lowest BCUT2D eigenvalue weighted by molar-refractivity contribution is -0.148. The lowest BCUT2D eigenvalue weighted by atomic mass is 10.2. The maximum absolute atomic E-state index is 5.40. The highest BCUT2D eigenvalue weighted by Gasteiger charge is 2.38. The second-order valence-corrected chi connectivity index (χ2v) is 3.24. The molecule has 0 aromatic rings. The summed E-state index contributed by atoms with van der Waals surface area (Å²) < 4.78 is 10.7. The molecule has 1 aliphatic rings. The van der Waals surface area contributed by atoms with Crippen molar-refractivity contribution in [1.29, 1.82) is 0 Å². The monoisotopic (exact) mass is 129 g/mol. The van der Waals surface area contributed by atoms with Crippen LogP contribution in [0.4, 0.5) is 0 Å². The number of hydrogen-bond acceptors (Lipinski definition) is 2.